The van der Waals surface area contributed by atoms with Crippen molar-refractivity contribution < 1.29 is 22.7 Å². The highest BCUT2D eigenvalue weighted by Crippen LogP contribution is 2.30. The molecule has 0 saturated carbocycles. The van der Waals surface area contributed by atoms with Crippen molar-refractivity contribution in [2.45, 2.75) is 25.4 Å². The number of alkyl halides is 3. The number of aromatic nitrogens is 1. The van der Waals surface area contributed by atoms with E-state index in [1.54, 1.807) is 17.3 Å². The molecule has 8 heteroatoms. The van der Waals surface area contributed by atoms with Crippen molar-refractivity contribution in [3.8, 4) is 5.75 Å². The van der Waals surface area contributed by atoms with Crippen LogP contribution in [-0.2, 0) is 6.18 Å². The molecule has 0 radical (unpaired) electrons. The molecule has 2 amide bonds. The van der Waals surface area contributed by atoms with Gasteiger partial charge in [-0.05, 0) is 55.7 Å². The fraction of sp³-hybridized carbons (Fsp3) is 0.400. The van der Waals surface area contributed by atoms with Crippen LogP contribution in [0.5, 0.6) is 5.75 Å². The topological polar surface area (TPSA) is 45.7 Å². The lowest BCUT2D eigenvalue weighted by atomic mass is 10.2. The largest absolute Gasteiger partial charge is 0.494 e. The Hall–Kier alpha value is -2.77. The minimum Gasteiger partial charge on any atom is -0.494 e. The van der Waals surface area contributed by atoms with Crippen LogP contribution in [0.2, 0.25) is 0 Å². The van der Waals surface area contributed by atoms with Crippen molar-refractivity contribution >= 4 is 11.7 Å². The van der Waals surface area contributed by atoms with E-state index in [2.05, 4.69) is 4.98 Å². The number of carbonyl (C=O) groups excluding carboxylic acids is 1. The van der Waals surface area contributed by atoms with Gasteiger partial charge < -0.3 is 9.64 Å². The highest BCUT2D eigenvalue weighted by atomic mass is 19.4. The lowest BCUT2D eigenvalue weighted by Gasteiger charge is -2.18. The molecule has 2 aromatic rings. The van der Waals surface area contributed by atoms with E-state index in [0.717, 1.165) is 37.1 Å². The normalized spacial score (nSPS) is 14.6. The summed E-state index contributed by atoms with van der Waals surface area (Å²) in [4.78, 5) is 20.0. The first kappa shape index (κ1) is 20.0. The molecule has 28 heavy (non-hydrogen) atoms. The monoisotopic (exact) mass is 393 g/mol. The third-order valence-corrected chi connectivity index (χ3v) is 4.59. The summed E-state index contributed by atoms with van der Waals surface area (Å²) in [5.41, 5.74) is 0.170. The van der Waals surface area contributed by atoms with E-state index in [4.69, 9.17) is 4.74 Å². The minimum atomic E-state index is -4.33. The molecule has 0 unspecified atom stereocenters. The number of rotatable bonds is 8. The van der Waals surface area contributed by atoms with E-state index in [1.165, 1.54) is 12.1 Å². The maximum Gasteiger partial charge on any atom is 0.416 e. The van der Waals surface area contributed by atoms with Gasteiger partial charge in [-0.3, -0.25) is 9.88 Å². The van der Waals surface area contributed by atoms with Crippen molar-refractivity contribution in [1.82, 2.24) is 9.88 Å². The zero-order valence-electron chi connectivity index (χ0n) is 15.4. The Morgan fingerprint density at radius 3 is 2.36 bits per heavy atom. The number of unbranched alkanes of at least 4 members (excludes halogenated alkanes) is 2. The standard InChI is InChI=1S/C20H22F3N3O2/c21-20(22,23)16-4-6-18(7-5-16)28-15-3-1-2-12-25-13-14-26(19(25)27)17-8-10-24-11-9-17/h4-11H,1-3,12-15H2. The molecule has 1 saturated heterocycles. The predicted octanol–water partition coefficient (Wildman–Crippen LogP) is 4.59. The molecule has 0 bridgehead atoms. The van der Waals surface area contributed by atoms with E-state index in [1.807, 2.05) is 17.0 Å². The van der Waals surface area contributed by atoms with Gasteiger partial charge >= 0.3 is 12.2 Å². The number of pyridine rings is 1. The number of benzene rings is 1. The average molecular weight is 393 g/mol. The zero-order valence-corrected chi connectivity index (χ0v) is 15.4. The molecule has 1 aliphatic rings. The molecule has 3 rings (SSSR count). The highest BCUT2D eigenvalue weighted by Gasteiger charge is 2.30. The molecule has 1 aromatic heterocycles. The van der Waals surface area contributed by atoms with Crippen LogP contribution in [0.15, 0.2) is 48.8 Å². The molecular weight excluding hydrogens is 371 g/mol. The van der Waals surface area contributed by atoms with Crippen molar-refractivity contribution in [3.63, 3.8) is 0 Å². The van der Waals surface area contributed by atoms with Crippen molar-refractivity contribution in [1.29, 1.82) is 0 Å². The number of carbonyl (C=O) groups is 1. The van der Waals surface area contributed by atoms with Gasteiger partial charge in [-0.15, -0.1) is 0 Å². The van der Waals surface area contributed by atoms with Gasteiger partial charge in [-0.1, -0.05) is 0 Å². The third kappa shape index (κ3) is 5.15. The van der Waals surface area contributed by atoms with Crippen LogP contribution in [-0.4, -0.2) is 42.2 Å². The molecule has 2 heterocycles. The van der Waals surface area contributed by atoms with Gasteiger partial charge in [-0.2, -0.15) is 13.2 Å². The Balaban J connectivity index is 1.33. The zero-order chi connectivity index (χ0) is 20.0. The molecular formula is C20H22F3N3O2. The number of anilines is 1. The van der Waals surface area contributed by atoms with E-state index in [9.17, 15) is 18.0 Å². The van der Waals surface area contributed by atoms with Gasteiger partial charge in [0.1, 0.15) is 5.75 Å². The molecule has 0 spiro atoms. The summed E-state index contributed by atoms with van der Waals surface area (Å²) >= 11 is 0. The van der Waals surface area contributed by atoms with Crippen LogP contribution in [0, 0.1) is 0 Å². The Bertz CT molecular complexity index is 767. The minimum absolute atomic E-state index is 0.00667. The van der Waals surface area contributed by atoms with Gasteiger partial charge in [0, 0.05) is 37.7 Å². The fourth-order valence-electron chi connectivity index (χ4n) is 3.07. The van der Waals surface area contributed by atoms with Gasteiger partial charge in [0.15, 0.2) is 0 Å². The maximum atomic E-state index is 12.5. The van der Waals surface area contributed by atoms with Gasteiger partial charge in [0.05, 0.1) is 12.2 Å². The number of halogens is 3. The summed E-state index contributed by atoms with van der Waals surface area (Å²) in [6.07, 6.45) is 1.51. The molecule has 0 atom stereocenters. The van der Waals surface area contributed by atoms with E-state index >= 15 is 0 Å². The molecule has 5 nitrogen and oxygen atoms in total. The molecule has 150 valence electrons. The molecule has 0 aliphatic carbocycles. The van der Waals surface area contributed by atoms with Crippen molar-refractivity contribution in [2.75, 3.05) is 31.1 Å². The van der Waals surface area contributed by atoms with Crippen molar-refractivity contribution in [2.24, 2.45) is 0 Å². The van der Waals surface area contributed by atoms with Crippen LogP contribution in [0.3, 0.4) is 0 Å². The lowest BCUT2D eigenvalue weighted by Crippen LogP contribution is -2.32. The second kappa shape index (κ2) is 8.95. The number of hydrogen-bond acceptors (Lipinski definition) is 3. The van der Waals surface area contributed by atoms with E-state index < -0.39 is 11.7 Å². The molecule has 1 fully saturated rings. The summed E-state index contributed by atoms with van der Waals surface area (Å²) in [5.74, 6) is 0.427. The first-order valence-corrected chi connectivity index (χ1v) is 9.22. The average Bonchev–Trinajstić information content (AvgIpc) is 3.05. The summed E-state index contributed by atoms with van der Waals surface area (Å²) in [5, 5.41) is 0. The Morgan fingerprint density at radius 1 is 0.964 bits per heavy atom. The second-order valence-corrected chi connectivity index (χ2v) is 6.56. The van der Waals surface area contributed by atoms with Crippen molar-refractivity contribution in [3.05, 3.63) is 54.4 Å². The fourth-order valence-corrected chi connectivity index (χ4v) is 3.07. The van der Waals surface area contributed by atoms with Gasteiger partial charge in [0.25, 0.3) is 0 Å². The number of urea groups is 1. The SMILES string of the molecule is O=C1N(CCCCCOc2ccc(C(F)(F)F)cc2)CCN1c1ccncc1. The Morgan fingerprint density at radius 2 is 1.68 bits per heavy atom. The summed E-state index contributed by atoms with van der Waals surface area (Å²) in [7, 11) is 0. The Kier molecular flexibility index (Phi) is 6.38. The number of ether oxygens (including phenoxy) is 1. The van der Waals surface area contributed by atoms with Crippen LogP contribution in [0.25, 0.3) is 0 Å². The molecule has 1 aromatic carbocycles. The van der Waals surface area contributed by atoms with Gasteiger partial charge in [0.2, 0.25) is 0 Å². The molecule has 1 aliphatic heterocycles. The first-order chi connectivity index (χ1) is 13.4. The second-order valence-electron chi connectivity index (χ2n) is 6.56. The predicted molar refractivity (Wildman–Crippen MR) is 99.3 cm³/mol. The summed E-state index contributed by atoms with van der Waals surface area (Å²) < 4.78 is 43.0. The van der Waals surface area contributed by atoms with E-state index in [0.29, 0.717) is 32.0 Å². The van der Waals surface area contributed by atoms with Gasteiger partial charge in [-0.25, -0.2) is 4.79 Å². The quantitative estimate of drug-likeness (QED) is 0.616. The first-order valence-electron chi connectivity index (χ1n) is 9.22. The van der Waals surface area contributed by atoms with E-state index in [-0.39, 0.29) is 6.03 Å². The van der Waals surface area contributed by atoms with Crippen LogP contribution in [0.1, 0.15) is 24.8 Å². The molecule has 0 N–H and O–H groups in total. The third-order valence-electron chi connectivity index (χ3n) is 4.59. The Labute approximate surface area is 161 Å². The number of amides is 2. The summed E-state index contributed by atoms with van der Waals surface area (Å²) in [6, 6.07) is 8.34. The number of nitrogens with zero attached hydrogens (tertiary/aromatic N) is 3. The summed E-state index contributed by atoms with van der Waals surface area (Å²) in [6.45, 7) is 2.48. The number of hydrogen-bond donors (Lipinski definition) is 0. The lowest BCUT2D eigenvalue weighted by molar-refractivity contribution is -0.137. The van der Waals surface area contributed by atoms with Crippen LogP contribution >= 0.6 is 0 Å². The van der Waals surface area contributed by atoms with Crippen LogP contribution < -0.4 is 9.64 Å². The van der Waals surface area contributed by atoms with Crippen LogP contribution in [0.4, 0.5) is 23.7 Å². The highest BCUT2D eigenvalue weighted by molar-refractivity contribution is 5.93. The maximum absolute atomic E-state index is 12.5. The smallest absolute Gasteiger partial charge is 0.416 e.